The maximum atomic E-state index is 13.1. The average molecular weight is 491 g/mol. The molecule has 0 radical (unpaired) electrons. The minimum absolute atomic E-state index is 0.0738. The number of aromatic nitrogens is 2. The van der Waals surface area contributed by atoms with Crippen LogP contribution in [0.3, 0.4) is 0 Å². The zero-order valence-corrected chi connectivity index (χ0v) is 19.6. The number of fused-ring (bicyclic) bond motifs is 1. The largest absolute Gasteiger partial charge is 0.384 e. The van der Waals surface area contributed by atoms with E-state index in [-0.39, 0.29) is 29.9 Å². The lowest BCUT2D eigenvalue weighted by molar-refractivity contribution is -0.136. The molecule has 0 bridgehead atoms. The molecule has 11 nitrogen and oxygen atoms in total. The van der Waals surface area contributed by atoms with Crippen LogP contribution in [0.1, 0.15) is 81.5 Å². The highest BCUT2D eigenvalue weighted by molar-refractivity contribution is 6.25. The molecule has 1 saturated heterocycles. The molecule has 0 spiro atoms. The number of nitrogens with zero attached hydrogens (tertiary/aromatic N) is 3. The Labute approximate surface area is 207 Å². The zero-order valence-electron chi connectivity index (χ0n) is 19.6. The van der Waals surface area contributed by atoms with Crippen molar-refractivity contribution in [3.63, 3.8) is 0 Å². The zero-order chi connectivity index (χ0) is 25.2. The first-order valence-corrected chi connectivity index (χ1v) is 12.1. The first-order chi connectivity index (χ1) is 17.4. The van der Waals surface area contributed by atoms with Crippen LogP contribution in [0.15, 0.2) is 30.5 Å². The van der Waals surface area contributed by atoms with E-state index in [0.29, 0.717) is 43.2 Å². The van der Waals surface area contributed by atoms with Crippen molar-refractivity contribution in [3.8, 4) is 0 Å². The molecule has 5 amide bonds. The molecule has 36 heavy (non-hydrogen) atoms. The van der Waals surface area contributed by atoms with Gasteiger partial charge in [0.2, 0.25) is 11.8 Å². The predicted octanol–water partition coefficient (Wildman–Crippen LogP) is 1.38. The van der Waals surface area contributed by atoms with Gasteiger partial charge in [0.25, 0.3) is 17.7 Å². The van der Waals surface area contributed by atoms with Gasteiger partial charge >= 0.3 is 0 Å². The number of benzene rings is 1. The van der Waals surface area contributed by atoms with Gasteiger partial charge in [-0.3, -0.25) is 34.2 Å². The lowest BCUT2D eigenvalue weighted by Gasteiger charge is -2.27. The summed E-state index contributed by atoms with van der Waals surface area (Å²) >= 11 is 0. The minimum atomic E-state index is -0.998. The number of hydrogen-bond donors (Lipinski definition) is 3. The Kier molecular flexibility index (Phi) is 6.45. The number of hydrogen-bond acceptors (Lipinski definition) is 8. The van der Waals surface area contributed by atoms with Crippen LogP contribution in [0.5, 0.6) is 0 Å². The van der Waals surface area contributed by atoms with E-state index in [9.17, 15) is 24.0 Å². The molecule has 1 aromatic carbocycles. The Hall–Kier alpha value is -4.15. The summed E-state index contributed by atoms with van der Waals surface area (Å²) in [6.45, 7) is 0.989. The molecular weight excluding hydrogens is 464 g/mol. The van der Waals surface area contributed by atoms with Gasteiger partial charge in [-0.25, -0.2) is 9.97 Å². The molecule has 1 aromatic heterocycles. The van der Waals surface area contributed by atoms with Crippen molar-refractivity contribution in [1.82, 2.24) is 25.5 Å². The molecule has 1 atom stereocenters. The third-order valence-electron chi connectivity index (χ3n) is 6.52. The van der Waals surface area contributed by atoms with Crippen molar-refractivity contribution >= 4 is 35.2 Å². The third kappa shape index (κ3) is 4.68. The van der Waals surface area contributed by atoms with Crippen molar-refractivity contribution in [2.75, 3.05) is 18.4 Å². The third-order valence-corrected chi connectivity index (χ3v) is 6.52. The number of nitrogens with one attached hydrogen (secondary N) is 3. The second kappa shape index (κ2) is 9.84. The van der Waals surface area contributed by atoms with E-state index in [4.69, 9.17) is 0 Å². The molecular formula is C25H26N6O5. The Morgan fingerprint density at radius 2 is 1.83 bits per heavy atom. The van der Waals surface area contributed by atoms with Gasteiger partial charge in [0.1, 0.15) is 17.6 Å². The van der Waals surface area contributed by atoms with E-state index < -0.39 is 29.7 Å². The fraction of sp³-hybridized carbons (Fsp3) is 0.400. The molecule has 1 aliphatic carbocycles. The van der Waals surface area contributed by atoms with Gasteiger partial charge in [0.05, 0.1) is 11.1 Å². The maximum Gasteiger partial charge on any atom is 0.270 e. The molecule has 2 aliphatic heterocycles. The maximum absolute atomic E-state index is 13.1. The summed E-state index contributed by atoms with van der Waals surface area (Å²) in [5.74, 6) is -1.26. The monoisotopic (exact) mass is 490 g/mol. The summed E-state index contributed by atoms with van der Waals surface area (Å²) in [6.07, 6.45) is 5.34. The average Bonchev–Trinajstić information content (AvgIpc) is 3.69. The molecule has 11 heteroatoms. The number of unbranched alkanes of at least 4 members (excludes halogenated alkanes) is 1. The summed E-state index contributed by atoms with van der Waals surface area (Å²) in [6, 6.07) is 5.56. The Bertz CT molecular complexity index is 1260. The lowest BCUT2D eigenvalue weighted by atomic mass is 10.0. The number of rotatable bonds is 9. The summed E-state index contributed by atoms with van der Waals surface area (Å²) in [7, 11) is 0. The SMILES string of the molecule is O=C1CCC(N2C(=O)c3cccc(NCCCCNC(=O)c4ccnc(C5CC5)n4)c3C2=O)C(=O)N1. The molecule has 1 saturated carbocycles. The predicted molar refractivity (Wildman–Crippen MR) is 127 cm³/mol. The highest BCUT2D eigenvalue weighted by Gasteiger charge is 2.45. The first kappa shape index (κ1) is 23.6. The molecule has 1 unspecified atom stereocenters. The molecule has 5 rings (SSSR count). The van der Waals surface area contributed by atoms with Crippen molar-refractivity contribution < 1.29 is 24.0 Å². The van der Waals surface area contributed by atoms with Crippen LogP contribution < -0.4 is 16.0 Å². The van der Waals surface area contributed by atoms with E-state index in [0.717, 1.165) is 23.6 Å². The van der Waals surface area contributed by atoms with Gasteiger partial charge < -0.3 is 10.6 Å². The van der Waals surface area contributed by atoms with Gasteiger partial charge in [-0.15, -0.1) is 0 Å². The number of carbonyl (C=O) groups is 5. The summed E-state index contributed by atoms with van der Waals surface area (Å²) in [5, 5.41) is 8.26. The van der Waals surface area contributed by atoms with Crippen LogP contribution in [0.4, 0.5) is 5.69 Å². The fourth-order valence-electron chi connectivity index (χ4n) is 4.47. The number of piperidine rings is 1. The summed E-state index contributed by atoms with van der Waals surface area (Å²) in [4.78, 5) is 71.6. The van der Waals surface area contributed by atoms with Gasteiger partial charge in [-0.1, -0.05) is 6.07 Å². The van der Waals surface area contributed by atoms with Crippen LogP contribution in [0.2, 0.25) is 0 Å². The second-order valence-electron chi connectivity index (χ2n) is 9.14. The lowest BCUT2D eigenvalue weighted by Crippen LogP contribution is -2.54. The van der Waals surface area contributed by atoms with E-state index in [1.165, 1.54) is 0 Å². The Morgan fingerprint density at radius 3 is 2.61 bits per heavy atom. The molecule has 2 aromatic rings. The normalized spacial score (nSPS) is 19.2. The molecule has 3 N–H and O–H groups in total. The molecule has 186 valence electrons. The number of carbonyl (C=O) groups excluding carboxylic acids is 5. The van der Waals surface area contributed by atoms with Crippen molar-refractivity contribution in [2.24, 2.45) is 0 Å². The smallest absolute Gasteiger partial charge is 0.270 e. The van der Waals surface area contributed by atoms with E-state index in [2.05, 4.69) is 25.9 Å². The summed E-state index contributed by atoms with van der Waals surface area (Å²) in [5.41, 5.74) is 1.35. The number of amides is 5. The summed E-state index contributed by atoms with van der Waals surface area (Å²) < 4.78 is 0. The van der Waals surface area contributed by atoms with Gasteiger partial charge in [0, 0.05) is 37.3 Å². The Morgan fingerprint density at radius 1 is 1.03 bits per heavy atom. The highest BCUT2D eigenvalue weighted by atomic mass is 16.2. The standard InChI is InChI=1S/C25H26N6O5/c32-19-9-8-18(23(34)30-19)31-24(35)15-4-3-5-16(20(15)25(31)36)26-11-1-2-12-28-22(33)17-10-13-27-21(29-17)14-6-7-14/h3-5,10,13-14,18,26H,1-2,6-9,11-12H2,(H,28,33)(H,30,32,34). The molecule has 2 fully saturated rings. The minimum Gasteiger partial charge on any atom is -0.384 e. The van der Waals surface area contributed by atoms with Gasteiger partial charge in [-0.2, -0.15) is 0 Å². The van der Waals surface area contributed by atoms with Crippen molar-refractivity contribution in [1.29, 1.82) is 0 Å². The Balaban J connectivity index is 1.13. The van der Waals surface area contributed by atoms with Crippen LogP contribution in [0, 0.1) is 0 Å². The van der Waals surface area contributed by atoms with Gasteiger partial charge in [-0.05, 0) is 50.3 Å². The number of imide groups is 2. The molecule has 3 heterocycles. The second-order valence-corrected chi connectivity index (χ2v) is 9.14. The van der Waals surface area contributed by atoms with Crippen molar-refractivity contribution in [2.45, 2.75) is 50.5 Å². The van der Waals surface area contributed by atoms with Crippen molar-refractivity contribution in [3.05, 3.63) is 53.1 Å². The van der Waals surface area contributed by atoms with Gasteiger partial charge in [0.15, 0.2) is 0 Å². The van der Waals surface area contributed by atoms with E-state index in [1.807, 2.05) is 0 Å². The van der Waals surface area contributed by atoms with Crippen LogP contribution in [0.25, 0.3) is 0 Å². The highest BCUT2D eigenvalue weighted by Crippen LogP contribution is 2.37. The van der Waals surface area contributed by atoms with E-state index in [1.54, 1.807) is 30.5 Å². The topological polar surface area (TPSA) is 150 Å². The first-order valence-electron chi connectivity index (χ1n) is 12.1. The van der Waals surface area contributed by atoms with Crippen LogP contribution in [-0.4, -0.2) is 63.5 Å². The molecule has 3 aliphatic rings. The van der Waals surface area contributed by atoms with E-state index >= 15 is 0 Å². The van der Waals surface area contributed by atoms with Crippen LogP contribution in [-0.2, 0) is 9.59 Å². The number of anilines is 1. The fourth-order valence-corrected chi connectivity index (χ4v) is 4.47. The quantitative estimate of drug-likeness (QED) is 0.352. The van der Waals surface area contributed by atoms with Crippen LogP contribution >= 0.6 is 0 Å².